The number of piperidine rings is 1. The average Bonchev–Trinajstić information content (AvgIpc) is 3.52. The number of aromatic nitrogens is 2. The lowest BCUT2D eigenvalue weighted by atomic mass is 9.46. The van der Waals surface area contributed by atoms with Gasteiger partial charge in [-0.2, -0.15) is 0 Å². The number of aliphatic hydroxyl groups is 1. The number of hydrogen-bond acceptors (Lipinski definition) is 6. The molecule has 1 aromatic heterocycles. The molecule has 31 heavy (non-hydrogen) atoms. The molecule has 8 nitrogen and oxygen atoms in total. The molecule has 1 saturated carbocycles. The van der Waals surface area contributed by atoms with Crippen molar-refractivity contribution in [3.05, 3.63) is 55.4 Å². The normalized spacial score (nSPS) is 34.0. The number of H-pyrrole nitrogens is 2. The van der Waals surface area contributed by atoms with Crippen LogP contribution in [0.5, 0.6) is 11.5 Å². The van der Waals surface area contributed by atoms with Gasteiger partial charge in [-0.3, -0.25) is 14.7 Å². The highest BCUT2D eigenvalue weighted by atomic mass is 16.3. The molecule has 1 aromatic carbocycles. The molecule has 4 atom stereocenters. The first-order chi connectivity index (χ1) is 14.8. The highest BCUT2D eigenvalue weighted by Crippen LogP contribution is 2.63. The van der Waals surface area contributed by atoms with Gasteiger partial charge in [0.25, 0.3) is 5.56 Å². The van der Waals surface area contributed by atoms with Crippen LogP contribution < -0.4 is 11.2 Å². The molecular weight excluding hydrogens is 398 g/mol. The molecule has 0 amide bonds. The van der Waals surface area contributed by atoms with Gasteiger partial charge in [0.15, 0.2) is 11.5 Å². The van der Waals surface area contributed by atoms with E-state index in [2.05, 4.69) is 14.9 Å². The van der Waals surface area contributed by atoms with Gasteiger partial charge in [0.1, 0.15) is 0 Å². The number of aromatic hydroxyl groups is 2. The molecule has 1 aliphatic heterocycles. The molecule has 2 aromatic rings. The van der Waals surface area contributed by atoms with Gasteiger partial charge in [-0.25, -0.2) is 4.79 Å². The SMILES string of the molecule is C[C@H]1c2[nH]c(=O)[nH]c(=O)c2C[C@@]2(O)[C@H]3Cc4ccc(O)c(O)c4[C@@]12CCN3CC1CC1. The van der Waals surface area contributed by atoms with Crippen LogP contribution >= 0.6 is 0 Å². The number of fused-ring (bicyclic) bond motifs is 2. The number of phenols is 2. The lowest BCUT2D eigenvalue weighted by Crippen LogP contribution is -2.75. The summed E-state index contributed by atoms with van der Waals surface area (Å²) in [5, 5.41) is 33.8. The lowest BCUT2D eigenvalue weighted by molar-refractivity contribution is -0.160. The van der Waals surface area contributed by atoms with Crippen LogP contribution in [0.25, 0.3) is 0 Å². The molecule has 4 aliphatic rings. The standard InChI is InChI=1S/C23H27N3O5/c1-11-18-14(20(29)25-21(30)24-18)9-23(31)16-8-13-4-5-15(27)19(28)17(13)22(11,23)6-7-26(16)10-12-2-3-12/h4-5,11-12,16,27-28,31H,2-3,6-10H2,1H3,(H2,24,25,29,30)/t11-,16+,22+,23+/m0/s1. The van der Waals surface area contributed by atoms with Crippen LogP contribution in [0.15, 0.2) is 21.7 Å². The zero-order valence-electron chi connectivity index (χ0n) is 17.4. The van der Waals surface area contributed by atoms with E-state index in [4.69, 9.17) is 0 Å². The fourth-order valence-corrected chi connectivity index (χ4v) is 6.95. The van der Waals surface area contributed by atoms with Crippen molar-refractivity contribution in [1.29, 1.82) is 0 Å². The van der Waals surface area contributed by atoms with Crippen LogP contribution in [0.1, 0.15) is 54.5 Å². The van der Waals surface area contributed by atoms with Crippen molar-refractivity contribution in [1.82, 2.24) is 14.9 Å². The van der Waals surface area contributed by atoms with Crippen molar-refractivity contribution in [2.75, 3.05) is 13.1 Å². The molecule has 0 spiro atoms. The lowest BCUT2D eigenvalue weighted by Gasteiger charge is -2.65. The Labute approximate surface area is 178 Å². The van der Waals surface area contributed by atoms with Crippen molar-refractivity contribution in [2.24, 2.45) is 5.92 Å². The number of benzene rings is 1. The molecule has 2 heterocycles. The Morgan fingerprint density at radius 1 is 1.19 bits per heavy atom. The van der Waals surface area contributed by atoms with Gasteiger partial charge in [-0.05, 0) is 49.8 Å². The van der Waals surface area contributed by atoms with Crippen LogP contribution in [-0.2, 0) is 18.3 Å². The van der Waals surface area contributed by atoms with E-state index in [-0.39, 0.29) is 24.0 Å². The van der Waals surface area contributed by atoms with Gasteiger partial charge in [-0.15, -0.1) is 0 Å². The van der Waals surface area contributed by atoms with E-state index >= 15 is 0 Å². The van der Waals surface area contributed by atoms with Crippen LogP contribution in [-0.4, -0.2) is 54.9 Å². The van der Waals surface area contributed by atoms with Crippen LogP contribution in [0.2, 0.25) is 0 Å². The van der Waals surface area contributed by atoms with Gasteiger partial charge in [0.05, 0.1) is 5.60 Å². The number of likely N-dealkylation sites (tertiary alicyclic amines) is 1. The van der Waals surface area contributed by atoms with Gasteiger partial charge in [-0.1, -0.05) is 13.0 Å². The Morgan fingerprint density at radius 2 is 1.97 bits per heavy atom. The predicted octanol–water partition coefficient (Wildman–Crippen LogP) is 0.843. The summed E-state index contributed by atoms with van der Waals surface area (Å²) in [4.78, 5) is 32.3. The van der Waals surface area contributed by atoms with Crippen LogP contribution in [0.4, 0.5) is 0 Å². The summed E-state index contributed by atoms with van der Waals surface area (Å²) in [5.41, 5.74) is -0.865. The molecule has 2 bridgehead atoms. The first-order valence-electron chi connectivity index (χ1n) is 11.1. The van der Waals surface area contributed by atoms with E-state index in [9.17, 15) is 24.9 Å². The second-order valence-corrected chi connectivity index (χ2v) is 9.97. The predicted molar refractivity (Wildman–Crippen MR) is 113 cm³/mol. The molecule has 164 valence electrons. The van der Waals surface area contributed by atoms with E-state index in [0.717, 1.165) is 18.7 Å². The maximum Gasteiger partial charge on any atom is 0.325 e. The summed E-state index contributed by atoms with van der Waals surface area (Å²) >= 11 is 0. The fourth-order valence-electron chi connectivity index (χ4n) is 6.95. The van der Waals surface area contributed by atoms with Gasteiger partial charge >= 0.3 is 5.69 Å². The first kappa shape index (κ1) is 19.1. The minimum absolute atomic E-state index is 0.0964. The number of phenolic OH excluding ortho intramolecular Hbond substituents is 2. The van der Waals surface area contributed by atoms with E-state index in [0.29, 0.717) is 35.6 Å². The zero-order chi connectivity index (χ0) is 21.7. The molecule has 1 saturated heterocycles. The Morgan fingerprint density at radius 3 is 2.71 bits per heavy atom. The van der Waals surface area contributed by atoms with Gasteiger partial charge in [0.2, 0.25) is 0 Å². The Kier molecular flexibility index (Phi) is 3.71. The summed E-state index contributed by atoms with van der Waals surface area (Å²) in [5.74, 6) is -0.188. The van der Waals surface area contributed by atoms with Crippen molar-refractivity contribution < 1.29 is 15.3 Å². The first-order valence-corrected chi connectivity index (χ1v) is 11.1. The highest BCUT2D eigenvalue weighted by Gasteiger charge is 2.68. The topological polar surface area (TPSA) is 130 Å². The summed E-state index contributed by atoms with van der Waals surface area (Å²) in [6.07, 6.45) is 3.61. The van der Waals surface area contributed by atoms with Crippen molar-refractivity contribution in [3.63, 3.8) is 0 Å². The molecule has 0 radical (unpaired) electrons. The van der Waals surface area contributed by atoms with Gasteiger partial charge in [0, 0.05) is 47.2 Å². The highest BCUT2D eigenvalue weighted by molar-refractivity contribution is 5.60. The minimum Gasteiger partial charge on any atom is -0.504 e. The number of nitrogens with zero attached hydrogens (tertiary/aromatic N) is 1. The summed E-state index contributed by atoms with van der Waals surface area (Å²) < 4.78 is 0. The van der Waals surface area contributed by atoms with E-state index in [1.54, 1.807) is 0 Å². The van der Waals surface area contributed by atoms with Crippen molar-refractivity contribution in [3.8, 4) is 11.5 Å². The maximum absolute atomic E-state index is 12.7. The largest absolute Gasteiger partial charge is 0.504 e. The third-order valence-electron chi connectivity index (χ3n) is 8.54. The molecule has 8 heteroatoms. The summed E-state index contributed by atoms with van der Waals surface area (Å²) in [6.45, 7) is 3.58. The van der Waals surface area contributed by atoms with Crippen LogP contribution in [0, 0.1) is 5.92 Å². The maximum atomic E-state index is 12.7. The molecule has 0 unspecified atom stereocenters. The molecular formula is C23H27N3O5. The Bertz CT molecular complexity index is 1210. The summed E-state index contributed by atoms with van der Waals surface area (Å²) in [7, 11) is 0. The third-order valence-corrected chi connectivity index (χ3v) is 8.54. The average molecular weight is 425 g/mol. The second kappa shape index (κ2) is 6.01. The fraction of sp³-hybridized carbons (Fsp3) is 0.565. The second-order valence-electron chi connectivity index (χ2n) is 9.97. The number of rotatable bonds is 2. The van der Waals surface area contributed by atoms with E-state index < -0.39 is 28.2 Å². The number of hydrogen-bond donors (Lipinski definition) is 5. The molecule has 5 N–H and O–H groups in total. The number of nitrogens with one attached hydrogen (secondary N) is 2. The van der Waals surface area contributed by atoms with Crippen molar-refractivity contribution >= 4 is 0 Å². The van der Waals surface area contributed by atoms with E-state index in [1.165, 1.54) is 18.9 Å². The molecule has 2 fully saturated rings. The molecule has 3 aliphatic carbocycles. The molecule has 6 rings (SSSR count). The summed E-state index contributed by atoms with van der Waals surface area (Å²) in [6, 6.07) is 3.13. The number of aromatic amines is 2. The van der Waals surface area contributed by atoms with Gasteiger partial charge < -0.3 is 20.3 Å². The smallest absolute Gasteiger partial charge is 0.325 e. The Hall–Kier alpha value is -2.58. The monoisotopic (exact) mass is 425 g/mol. The van der Waals surface area contributed by atoms with Crippen molar-refractivity contribution in [2.45, 2.75) is 62.0 Å². The van der Waals surface area contributed by atoms with E-state index in [1.807, 2.05) is 13.0 Å². The third kappa shape index (κ3) is 2.32. The Balaban J connectivity index is 1.65. The van der Waals surface area contributed by atoms with Crippen LogP contribution in [0.3, 0.4) is 0 Å². The quantitative estimate of drug-likeness (QED) is 0.454. The minimum atomic E-state index is -1.31. The zero-order valence-corrected chi connectivity index (χ0v) is 17.4.